The topological polar surface area (TPSA) is 57.6 Å². The Hall–Kier alpha value is -3.70. The monoisotopic (exact) mass is 485 g/mol. The minimum Gasteiger partial charge on any atom is -0.478 e. The van der Waals surface area contributed by atoms with Crippen molar-refractivity contribution in [2.75, 3.05) is 4.90 Å². The molecule has 0 aliphatic rings. The third-order valence-electron chi connectivity index (χ3n) is 5.23. The second kappa shape index (κ2) is 9.20. The summed E-state index contributed by atoms with van der Waals surface area (Å²) in [7, 11) is 0. The molecule has 0 saturated carbocycles. The van der Waals surface area contributed by atoms with Gasteiger partial charge in [0, 0.05) is 21.4 Å². The van der Waals surface area contributed by atoms with Crippen molar-refractivity contribution in [1.29, 1.82) is 0 Å². The molecular weight excluding hydrogens is 466 g/mol. The molecule has 158 valence electrons. The highest BCUT2D eigenvalue weighted by Crippen LogP contribution is 2.33. The predicted molar refractivity (Wildman–Crippen MR) is 131 cm³/mol. The van der Waals surface area contributed by atoms with Crippen LogP contribution in [0.2, 0.25) is 0 Å². The Morgan fingerprint density at radius 3 is 2.00 bits per heavy atom. The number of anilines is 2. The zero-order valence-electron chi connectivity index (χ0n) is 17.3. The zero-order chi connectivity index (χ0) is 22.7. The van der Waals surface area contributed by atoms with Gasteiger partial charge in [-0.05, 0) is 84.3 Å². The first kappa shape index (κ1) is 21.5. The van der Waals surface area contributed by atoms with Gasteiger partial charge in [-0.15, -0.1) is 0 Å². The number of carboxylic acid groups (broad SMARTS) is 1. The second-order valence-electron chi connectivity index (χ2n) is 7.36. The number of nitrogens with zero attached hydrogens (tertiary/aromatic N) is 1. The lowest BCUT2D eigenvalue weighted by atomic mass is 9.98. The number of benzene rings is 4. The molecule has 0 atom stereocenters. The van der Waals surface area contributed by atoms with Crippen LogP contribution < -0.4 is 4.90 Å². The number of para-hydroxylation sites is 1. The average Bonchev–Trinajstić information content (AvgIpc) is 2.81. The van der Waals surface area contributed by atoms with Crippen LogP contribution in [-0.4, -0.2) is 17.0 Å². The molecule has 4 nitrogen and oxygen atoms in total. The number of hydrogen-bond acceptors (Lipinski definition) is 2. The Labute approximate surface area is 194 Å². The first-order chi connectivity index (χ1) is 15.4. The van der Waals surface area contributed by atoms with Gasteiger partial charge in [0.05, 0.1) is 5.56 Å². The normalized spacial score (nSPS) is 10.6. The van der Waals surface area contributed by atoms with E-state index in [1.54, 1.807) is 41.3 Å². The molecule has 5 heteroatoms. The number of hydrogen-bond donors (Lipinski definition) is 1. The fraction of sp³-hybridized carbons (Fsp3) is 0.0370. The van der Waals surface area contributed by atoms with Gasteiger partial charge in [0.1, 0.15) is 0 Å². The quantitative estimate of drug-likeness (QED) is 0.327. The number of aromatic carboxylic acids is 1. The Morgan fingerprint density at radius 2 is 1.38 bits per heavy atom. The third-order valence-corrected chi connectivity index (χ3v) is 5.76. The summed E-state index contributed by atoms with van der Waals surface area (Å²) >= 11 is 3.42. The maximum Gasteiger partial charge on any atom is 0.335 e. The number of rotatable bonds is 5. The summed E-state index contributed by atoms with van der Waals surface area (Å²) in [4.78, 5) is 26.4. The molecule has 0 aliphatic carbocycles. The largest absolute Gasteiger partial charge is 0.478 e. The Morgan fingerprint density at radius 1 is 0.750 bits per heavy atom. The van der Waals surface area contributed by atoms with E-state index in [2.05, 4.69) is 15.9 Å². The van der Waals surface area contributed by atoms with Crippen LogP contribution in [0.5, 0.6) is 0 Å². The Bertz CT molecular complexity index is 1270. The fourth-order valence-electron chi connectivity index (χ4n) is 3.53. The predicted octanol–water partition coefficient (Wildman–Crippen LogP) is 7.10. The molecule has 0 saturated heterocycles. The van der Waals surface area contributed by atoms with Gasteiger partial charge in [-0.3, -0.25) is 9.69 Å². The molecule has 1 amide bonds. The number of carbonyl (C=O) groups excluding carboxylic acids is 1. The summed E-state index contributed by atoms with van der Waals surface area (Å²) in [5.41, 5.74) is 5.15. The van der Waals surface area contributed by atoms with Gasteiger partial charge in [-0.2, -0.15) is 0 Å². The van der Waals surface area contributed by atoms with Crippen LogP contribution in [0.1, 0.15) is 26.3 Å². The molecule has 0 aliphatic heterocycles. The van der Waals surface area contributed by atoms with Gasteiger partial charge >= 0.3 is 5.97 Å². The maximum absolute atomic E-state index is 13.6. The lowest BCUT2D eigenvalue weighted by molar-refractivity contribution is 0.0696. The highest BCUT2D eigenvalue weighted by atomic mass is 79.9. The van der Waals surface area contributed by atoms with Crippen LogP contribution in [0.25, 0.3) is 11.1 Å². The van der Waals surface area contributed by atoms with E-state index in [-0.39, 0.29) is 11.5 Å². The molecule has 4 aromatic rings. The number of carbonyl (C=O) groups is 2. The summed E-state index contributed by atoms with van der Waals surface area (Å²) in [6.45, 7) is 1.99. The number of aryl methyl sites for hydroxylation is 1. The molecule has 0 unspecified atom stereocenters. The number of amides is 1. The average molecular weight is 486 g/mol. The van der Waals surface area contributed by atoms with E-state index in [4.69, 9.17) is 0 Å². The van der Waals surface area contributed by atoms with E-state index in [0.717, 1.165) is 32.5 Å². The minimum atomic E-state index is -0.961. The Kier molecular flexibility index (Phi) is 6.19. The van der Waals surface area contributed by atoms with Crippen molar-refractivity contribution >= 4 is 39.2 Å². The smallest absolute Gasteiger partial charge is 0.335 e. The summed E-state index contributed by atoms with van der Waals surface area (Å²) in [5.74, 6) is -1.10. The van der Waals surface area contributed by atoms with E-state index < -0.39 is 5.97 Å². The van der Waals surface area contributed by atoms with Crippen LogP contribution >= 0.6 is 15.9 Å². The fourth-order valence-corrected chi connectivity index (χ4v) is 3.80. The van der Waals surface area contributed by atoms with Crippen molar-refractivity contribution in [3.05, 3.63) is 118 Å². The van der Waals surface area contributed by atoms with Gasteiger partial charge in [0.2, 0.25) is 0 Å². The van der Waals surface area contributed by atoms with Crippen LogP contribution in [0.3, 0.4) is 0 Å². The summed E-state index contributed by atoms with van der Waals surface area (Å²) in [6, 6.07) is 29.4. The van der Waals surface area contributed by atoms with E-state index >= 15 is 0 Å². The molecule has 4 rings (SSSR count). The van der Waals surface area contributed by atoms with E-state index in [1.807, 2.05) is 67.6 Å². The first-order valence-electron chi connectivity index (χ1n) is 10.0. The molecule has 32 heavy (non-hydrogen) atoms. The molecule has 1 N–H and O–H groups in total. The summed E-state index contributed by atoms with van der Waals surface area (Å²) in [6.07, 6.45) is 0. The molecular formula is C27H20BrNO3. The second-order valence-corrected chi connectivity index (χ2v) is 8.28. The molecule has 0 fully saturated rings. The maximum atomic E-state index is 13.6. The van der Waals surface area contributed by atoms with Crippen LogP contribution in [0.15, 0.2) is 102 Å². The van der Waals surface area contributed by atoms with Gasteiger partial charge in [-0.25, -0.2) is 4.79 Å². The van der Waals surface area contributed by atoms with E-state index in [0.29, 0.717) is 5.56 Å². The van der Waals surface area contributed by atoms with E-state index in [1.165, 1.54) is 0 Å². The van der Waals surface area contributed by atoms with Crippen molar-refractivity contribution in [3.8, 4) is 11.1 Å². The Balaban J connectivity index is 1.81. The van der Waals surface area contributed by atoms with Crippen molar-refractivity contribution in [2.24, 2.45) is 0 Å². The molecule has 0 aromatic heterocycles. The minimum absolute atomic E-state index is 0.139. The van der Waals surface area contributed by atoms with Crippen molar-refractivity contribution in [1.82, 2.24) is 0 Å². The highest BCUT2D eigenvalue weighted by molar-refractivity contribution is 9.10. The SMILES string of the molecule is Cc1ccc(N(C(=O)c2ccc(Br)cc2)c2ccccc2)cc1-c1ccc(C(=O)O)cc1. The number of halogens is 1. The van der Waals surface area contributed by atoms with Crippen molar-refractivity contribution in [3.63, 3.8) is 0 Å². The molecule has 0 heterocycles. The van der Waals surface area contributed by atoms with Crippen LogP contribution in [0.4, 0.5) is 11.4 Å². The number of carboxylic acids is 1. The molecule has 0 spiro atoms. The van der Waals surface area contributed by atoms with Crippen LogP contribution in [-0.2, 0) is 0 Å². The molecule has 0 bridgehead atoms. The van der Waals surface area contributed by atoms with Crippen molar-refractivity contribution < 1.29 is 14.7 Å². The van der Waals surface area contributed by atoms with Gasteiger partial charge in [-0.1, -0.05) is 52.3 Å². The lowest BCUT2D eigenvalue weighted by Gasteiger charge is -2.24. The molecule has 4 aromatic carbocycles. The third kappa shape index (κ3) is 4.48. The van der Waals surface area contributed by atoms with Crippen molar-refractivity contribution in [2.45, 2.75) is 6.92 Å². The van der Waals surface area contributed by atoms with Gasteiger partial charge in [0.25, 0.3) is 5.91 Å². The summed E-state index contributed by atoms with van der Waals surface area (Å²) < 4.78 is 0.905. The van der Waals surface area contributed by atoms with Crippen LogP contribution in [0, 0.1) is 6.92 Å². The summed E-state index contributed by atoms with van der Waals surface area (Å²) in [5, 5.41) is 9.18. The standard InChI is InChI=1S/C27H20BrNO3/c1-18-7-16-24(17-25(18)19-8-10-21(11-9-19)27(31)32)29(23-5-3-2-4-6-23)26(30)20-12-14-22(28)15-13-20/h2-17H,1H3,(H,31,32). The lowest BCUT2D eigenvalue weighted by Crippen LogP contribution is -2.26. The first-order valence-corrected chi connectivity index (χ1v) is 10.8. The van der Waals surface area contributed by atoms with E-state index in [9.17, 15) is 14.7 Å². The van der Waals surface area contributed by atoms with Gasteiger partial charge < -0.3 is 5.11 Å². The highest BCUT2D eigenvalue weighted by Gasteiger charge is 2.21. The molecule has 0 radical (unpaired) electrons. The zero-order valence-corrected chi connectivity index (χ0v) is 18.9. The van der Waals surface area contributed by atoms with Gasteiger partial charge in [0.15, 0.2) is 0 Å².